The van der Waals surface area contributed by atoms with Gasteiger partial charge in [-0.25, -0.2) is 0 Å². The van der Waals surface area contributed by atoms with Gasteiger partial charge in [-0.05, 0) is 38.3 Å². The number of hydrogen-bond donors (Lipinski definition) is 1. The second-order valence-electron chi connectivity index (χ2n) is 6.01. The van der Waals surface area contributed by atoms with Crippen LogP contribution in [0.1, 0.15) is 39.0 Å². The van der Waals surface area contributed by atoms with Crippen molar-refractivity contribution in [3.63, 3.8) is 0 Å². The van der Waals surface area contributed by atoms with Gasteiger partial charge >= 0.3 is 0 Å². The zero-order valence-electron chi connectivity index (χ0n) is 12.9. The van der Waals surface area contributed by atoms with Crippen LogP contribution in [0.25, 0.3) is 0 Å². The molecule has 2 rings (SSSR count). The summed E-state index contributed by atoms with van der Waals surface area (Å²) in [6.45, 7) is 6.87. The standard InChI is InChI=1S/C15H30N4/c1-4-19-11-5-6-14(19)12-18(3)15(16-2)17-10-9-13-7-8-13/h13-14H,4-12H2,1-3H3,(H,16,17). The molecule has 1 N–H and O–H groups in total. The van der Waals surface area contributed by atoms with E-state index in [1.165, 1.54) is 45.2 Å². The van der Waals surface area contributed by atoms with Gasteiger partial charge in [0.05, 0.1) is 0 Å². The fourth-order valence-corrected chi connectivity index (χ4v) is 3.10. The van der Waals surface area contributed by atoms with E-state index < -0.39 is 0 Å². The third kappa shape index (κ3) is 4.37. The van der Waals surface area contributed by atoms with Crippen molar-refractivity contribution in [3.05, 3.63) is 0 Å². The van der Waals surface area contributed by atoms with E-state index >= 15 is 0 Å². The lowest BCUT2D eigenvalue weighted by atomic mass is 10.2. The van der Waals surface area contributed by atoms with Gasteiger partial charge in [-0.15, -0.1) is 0 Å². The van der Waals surface area contributed by atoms with Crippen LogP contribution in [0, 0.1) is 5.92 Å². The van der Waals surface area contributed by atoms with Gasteiger partial charge in [0.2, 0.25) is 0 Å². The first-order valence-electron chi connectivity index (χ1n) is 7.90. The van der Waals surface area contributed by atoms with Gasteiger partial charge in [-0.1, -0.05) is 19.8 Å². The third-order valence-corrected chi connectivity index (χ3v) is 4.50. The van der Waals surface area contributed by atoms with Crippen molar-refractivity contribution < 1.29 is 0 Å². The molecule has 4 nitrogen and oxygen atoms in total. The number of nitrogens with zero attached hydrogens (tertiary/aromatic N) is 3. The molecule has 0 spiro atoms. The van der Waals surface area contributed by atoms with Crippen molar-refractivity contribution >= 4 is 5.96 Å². The summed E-state index contributed by atoms with van der Waals surface area (Å²) >= 11 is 0. The van der Waals surface area contributed by atoms with Crippen molar-refractivity contribution in [3.8, 4) is 0 Å². The van der Waals surface area contributed by atoms with Crippen molar-refractivity contribution in [2.75, 3.05) is 40.3 Å². The van der Waals surface area contributed by atoms with Gasteiger partial charge in [-0.2, -0.15) is 0 Å². The highest BCUT2D eigenvalue weighted by molar-refractivity contribution is 5.79. The topological polar surface area (TPSA) is 30.9 Å². The molecule has 1 atom stereocenters. The lowest BCUT2D eigenvalue weighted by Gasteiger charge is -2.29. The van der Waals surface area contributed by atoms with E-state index in [9.17, 15) is 0 Å². The molecular formula is C15H30N4. The number of rotatable bonds is 6. The van der Waals surface area contributed by atoms with Crippen LogP contribution in [0.3, 0.4) is 0 Å². The van der Waals surface area contributed by atoms with Gasteiger partial charge in [0.1, 0.15) is 0 Å². The second kappa shape index (κ2) is 7.13. The zero-order valence-corrected chi connectivity index (χ0v) is 12.9. The largest absolute Gasteiger partial charge is 0.356 e. The summed E-state index contributed by atoms with van der Waals surface area (Å²) in [6, 6.07) is 0.706. The van der Waals surface area contributed by atoms with E-state index in [1.807, 2.05) is 7.05 Å². The highest BCUT2D eigenvalue weighted by Crippen LogP contribution is 2.31. The van der Waals surface area contributed by atoms with Crippen LogP contribution in [0.5, 0.6) is 0 Å². The van der Waals surface area contributed by atoms with Gasteiger partial charge < -0.3 is 10.2 Å². The smallest absolute Gasteiger partial charge is 0.193 e. The SMILES string of the molecule is CCN1CCCC1CN(C)C(=NC)NCCC1CC1. The van der Waals surface area contributed by atoms with Crippen LogP contribution >= 0.6 is 0 Å². The Morgan fingerprint density at radius 3 is 2.79 bits per heavy atom. The molecule has 1 saturated heterocycles. The Balaban J connectivity index is 1.73. The van der Waals surface area contributed by atoms with Crippen molar-refractivity contribution in [2.45, 2.75) is 45.1 Å². The van der Waals surface area contributed by atoms with Gasteiger partial charge in [0.25, 0.3) is 0 Å². The molecule has 1 aliphatic carbocycles. The molecule has 0 aromatic carbocycles. The Bertz CT molecular complexity index is 299. The van der Waals surface area contributed by atoms with Gasteiger partial charge in [0.15, 0.2) is 5.96 Å². The molecule has 0 amide bonds. The Labute approximate surface area is 118 Å². The molecule has 1 saturated carbocycles. The number of likely N-dealkylation sites (tertiary alicyclic amines) is 1. The van der Waals surface area contributed by atoms with Crippen LogP contribution in [-0.4, -0.2) is 62.1 Å². The maximum absolute atomic E-state index is 4.41. The Morgan fingerprint density at radius 2 is 2.16 bits per heavy atom. The molecule has 1 aliphatic heterocycles. The minimum Gasteiger partial charge on any atom is -0.356 e. The van der Waals surface area contributed by atoms with Crippen molar-refractivity contribution in [1.29, 1.82) is 0 Å². The van der Waals surface area contributed by atoms with E-state index in [0.29, 0.717) is 6.04 Å². The second-order valence-corrected chi connectivity index (χ2v) is 6.01. The summed E-state index contributed by atoms with van der Waals surface area (Å²) < 4.78 is 0. The maximum atomic E-state index is 4.41. The Hall–Kier alpha value is -0.770. The molecule has 0 radical (unpaired) electrons. The minimum absolute atomic E-state index is 0.706. The lowest BCUT2D eigenvalue weighted by molar-refractivity contribution is 0.232. The van der Waals surface area contributed by atoms with Crippen LogP contribution in [0.2, 0.25) is 0 Å². The van der Waals surface area contributed by atoms with Gasteiger partial charge in [-0.3, -0.25) is 9.89 Å². The van der Waals surface area contributed by atoms with E-state index in [1.54, 1.807) is 0 Å². The highest BCUT2D eigenvalue weighted by atomic mass is 15.3. The van der Waals surface area contributed by atoms with Crippen LogP contribution in [0.15, 0.2) is 4.99 Å². The first-order valence-corrected chi connectivity index (χ1v) is 7.90. The molecule has 19 heavy (non-hydrogen) atoms. The third-order valence-electron chi connectivity index (χ3n) is 4.50. The van der Waals surface area contributed by atoms with E-state index in [4.69, 9.17) is 0 Å². The zero-order chi connectivity index (χ0) is 13.7. The monoisotopic (exact) mass is 266 g/mol. The predicted octanol–water partition coefficient (Wildman–Crippen LogP) is 1.78. The molecule has 0 aromatic rings. The van der Waals surface area contributed by atoms with E-state index in [2.05, 4.69) is 34.1 Å². The normalized spacial score (nSPS) is 24.8. The fraction of sp³-hybridized carbons (Fsp3) is 0.933. The summed E-state index contributed by atoms with van der Waals surface area (Å²) in [5.74, 6) is 2.05. The molecule has 1 heterocycles. The van der Waals surface area contributed by atoms with E-state index in [-0.39, 0.29) is 0 Å². The fourth-order valence-electron chi connectivity index (χ4n) is 3.10. The Morgan fingerprint density at radius 1 is 1.37 bits per heavy atom. The summed E-state index contributed by atoms with van der Waals surface area (Å²) in [6.07, 6.45) is 6.85. The number of hydrogen-bond acceptors (Lipinski definition) is 2. The lowest BCUT2D eigenvalue weighted by Crippen LogP contribution is -2.46. The van der Waals surface area contributed by atoms with Crippen molar-refractivity contribution in [1.82, 2.24) is 15.1 Å². The summed E-state index contributed by atoms with van der Waals surface area (Å²) in [5.41, 5.74) is 0. The molecule has 1 unspecified atom stereocenters. The molecule has 2 aliphatic rings. The molecule has 4 heteroatoms. The van der Waals surface area contributed by atoms with Crippen LogP contribution in [0.4, 0.5) is 0 Å². The highest BCUT2D eigenvalue weighted by Gasteiger charge is 2.25. The number of aliphatic imine (C=N–C) groups is 1. The quantitative estimate of drug-likeness (QED) is 0.587. The predicted molar refractivity (Wildman–Crippen MR) is 81.6 cm³/mol. The average Bonchev–Trinajstić information content (AvgIpc) is 3.13. The summed E-state index contributed by atoms with van der Waals surface area (Å²) in [5, 5.41) is 3.50. The molecule has 110 valence electrons. The number of guanidine groups is 1. The van der Waals surface area contributed by atoms with E-state index in [0.717, 1.165) is 25.0 Å². The van der Waals surface area contributed by atoms with Crippen LogP contribution in [-0.2, 0) is 0 Å². The molecular weight excluding hydrogens is 236 g/mol. The van der Waals surface area contributed by atoms with Crippen molar-refractivity contribution in [2.24, 2.45) is 10.9 Å². The maximum Gasteiger partial charge on any atom is 0.193 e. The first-order chi connectivity index (χ1) is 9.24. The molecule has 0 bridgehead atoms. The molecule has 0 aromatic heterocycles. The first kappa shape index (κ1) is 14.6. The van der Waals surface area contributed by atoms with Crippen LogP contribution < -0.4 is 5.32 Å². The molecule has 2 fully saturated rings. The Kier molecular flexibility index (Phi) is 5.49. The minimum atomic E-state index is 0.706. The summed E-state index contributed by atoms with van der Waals surface area (Å²) in [7, 11) is 4.06. The van der Waals surface area contributed by atoms with Gasteiger partial charge in [0, 0.05) is 33.2 Å². The number of nitrogens with one attached hydrogen (secondary N) is 1. The summed E-state index contributed by atoms with van der Waals surface area (Å²) in [4.78, 5) is 9.30. The number of likely N-dealkylation sites (N-methyl/N-ethyl adjacent to an activating group) is 2. The average molecular weight is 266 g/mol.